The second kappa shape index (κ2) is 11.4. The summed E-state index contributed by atoms with van der Waals surface area (Å²) in [4.78, 5) is 29.7. The van der Waals surface area contributed by atoms with Gasteiger partial charge in [-0.3, -0.25) is 9.79 Å². The van der Waals surface area contributed by atoms with Crippen LogP contribution in [0.3, 0.4) is 0 Å². The van der Waals surface area contributed by atoms with Crippen LogP contribution in [0.4, 0.5) is 5.69 Å². The van der Waals surface area contributed by atoms with Gasteiger partial charge in [-0.15, -0.1) is 0 Å². The fourth-order valence-corrected chi connectivity index (χ4v) is 3.99. The molecule has 0 spiro atoms. The minimum Gasteiger partial charge on any atom is -0.489 e. The van der Waals surface area contributed by atoms with Gasteiger partial charge in [0.2, 0.25) is 0 Å². The molecule has 3 aromatic rings. The first kappa shape index (κ1) is 25.5. The van der Waals surface area contributed by atoms with E-state index in [0.29, 0.717) is 28.8 Å². The zero-order valence-corrected chi connectivity index (χ0v) is 21.3. The summed E-state index contributed by atoms with van der Waals surface area (Å²) in [7, 11) is 2.03. The molecule has 184 valence electrons. The number of hydrogen-bond donors (Lipinski definition) is 0. The summed E-state index contributed by atoms with van der Waals surface area (Å²) in [5, 5.41) is 1.03. The lowest BCUT2D eigenvalue weighted by Crippen LogP contribution is -2.20. The van der Waals surface area contributed by atoms with Gasteiger partial charge >= 0.3 is 11.9 Å². The van der Waals surface area contributed by atoms with Gasteiger partial charge in [0.25, 0.3) is 0 Å². The zero-order chi connectivity index (χ0) is 25.7. The summed E-state index contributed by atoms with van der Waals surface area (Å²) in [5.41, 5.74) is 5.02. The van der Waals surface area contributed by atoms with Gasteiger partial charge in [-0.1, -0.05) is 47.5 Å². The van der Waals surface area contributed by atoms with E-state index < -0.39 is 11.9 Å². The Morgan fingerprint density at radius 3 is 2.50 bits per heavy atom. The largest absolute Gasteiger partial charge is 0.489 e. The van der Waals surface area contributed by atoms with E-state index in [-0.39, 0.29) is 0 Å². The number of halogens is 2. The first-order valence-electron chi connectivity index (χ1n) is 11.3. The van der Waals surface area contributed by atoms with Gasteiger partial charge in [0.1, 0.15) is 12.4 Å². The van der Waals surface area contributed by atoms with Crippen molar-refractivity contribution in [3.63, 3.8) is 0 Å². The number of allylic oxidation sites excluding steroid dienone is 1. The molecule has 36 heavy (non-hydrogen) atoms. The molecule has 0 aromatic heterocycles. The Labute approximate surface area is 219 Å². The average molecular weight is 523 g/mol. The standard InChI is InChI=1S/C28H24Cl2N2O4/c1-18(33)36-28(34)21-7-3-20(4-8-21)17-35-22-9-10-23-26(31-13-14-32(2)27(23)16-22)12-6-19-5-11-24(29)25(30)15-19/h3-12,15-16H,13-14,17H2,1-2H3/b12-6+. The van der Waals surface area contributed by atoms with Crippen LogP contribution in [0.2, 0.25) is 10.0 Å². The van der Waals surface area contributed by atoms with Crippen molar-refractivity contribution in [2.45, 2.75) is 13.5 Å². The number of anilines is 1. The maximum absolute atomic E-state index is 11.8. The molecule has 0 atom stereocenters. The normalized spacial score (nSPS) is 13.1. The molecule has 1 heterocycles. The summed E-state index contributed by atoms with van der Waals surface area (Å²) in [6, 6.07) is 18.2. The van der Waals surface area contributed by atoms with Crippen molar-refractivity contribution in [1.82, 2.24) is 0 Å². The van der Waals surface area contributed by atoms with Crippen LogP contribution in [0, 0.1) is 0 Å². The van der Waals surface area contributed by atoms with Crippen molar-refractivity contribution in [3.05, 3.63) is 99.0 Å². The van der Waals surface area contributed by atoms with E-state index in [9.17, 15) is 9.59 Å². The third-order valence-corrected chi connectivity index (χ3v) is 6.32. The van der Waals surface area contributed by atoms with E-state index in [0.717, 1.165) is 40.4 Å². The molecular weight excluding hydrogens is 499 g/mol. The van der Waals surface area contributed by atoms with Gasteiger partial charge in [-0.05, 0) is 53.6 Å². The number of ether oxygens (including phenoxy) is 2. The maximum atomic E-state index is 11.8. The number of aliphatic imine (C=N–C) groups is 1. The molecule has 0 N–H and O–H groups in total. The third kappa shape index (κ3) is 6.33. The number of carbonyl (C=O) groups excluding carboxylic acids is 2. The van der Waals surface area contributed by atoms with Crippen LogP contribution in [0.15, 0.2) is 71.7 Å². The molecule has 0 radical (unpaired) electrons. The van der Waals surface area contributed by atoms with Crippen LogP contribution < -0.4 is 9.64 Å². The number of fused-ring (bicyclic) bond motifs is 1. The van der Waals surface area contributed by atoms with Crippen LogP contribution >= 0.6 is 23.2 Å². The lowest BCUT2D eigenvalue weighted by molar-refractivity contribution is -0.135. The highest BCUT2D eigenvalue weighted by Crippen LogP contribution is 2.29. The second-order valence-corrected chi connectivity index (χ2v) is 9.06. The van der Waals surface area contributed by atoms with Crippen molar-refractivity contribution < 1.29 is 19.1 Å². The summed E-state index contributed by atoms with van der Waals surface area (Å²) < 4.78 is 10.6. The first-order valence-corrected chi connectivity index (χ1v) is 12.0. The highest BCUT2D eigenvalue weighted by atomic mass is 35.5. The number of esters is 2. The Morgan fingerprint density at radius 2 is 1.78 bits per heavy atom. The van der Waals surface area contributed by atoms with E-state index in [1.807, 2.05) is 49.5 Å². The summed E-state index contributed by atoms with van der Waals surface area (Å²) in [5.74, 6) is -0.594. The molecule has 0 saturated carbocycles. The van der Waals surface area contributed by atoms with Crippen LogP contribution in [0.25, 0.3) is 6.08 Å². The summed E-state index contributed by atoms with van der Waals surface area (Å²) in [6.07, 6.45) is 3.95. The van der Waals surface area contributed by atoms with Crippen LogP contribution in [-0.4, -0.2) is 37.8 Å². The Kier molecular flexibility index (Phi) is 8.08. The topological polar surface area (TPSA) is 68.2 Å². The SMILES string of the molecule is CC(=O)OC(=O)c1ccc(COc2ccc3c(c2)N(C)CCN=C3/C=C/c2ccc(Cl)c(Cl)c2)cc1. The zero-order valence-electron chi connectivity index (χ0n) is 19.8. The molecule has 0 fully saturated rings. The van der Waals surface area contributed by atoms with E-state index >= 15 is 0 Å². The van der Waals surface area contributed by atoms with Crippen molar-refractivity contribution >= 4 is 52.6 Å². The van der Waals surface area contributed by atoms with E-state index in [4.69, 9.17) is 32.9 Å². The van der Waals surface area contributed by atoms with Gasteiger partial charge < -0.3 is 14.4 Å². The van der Waals surface area contributed by atoms with Gasteiger partial charge in [0.15, 0.2) is 0 Å². The molecule has 3 aromatic carbocycles. The fourth-order valence-electron chi connectivity index (χ4n) is 3.69. The molecule has 0 amide bonds. The highest BCUT2D eigenvalue weighted by Gasteiger charge is 2.16. The summed E-state index contributed by atoms with van der Waals surface area (Å²) >= 11 is 12.2. The van der Waals surface area contributed by atoms with Crippen molar-refractivity contribution in [3.8, 4) is 5.75 Å². The van der Waals surface area contributed by atoms with Crippen molar-refractivity contribution in [1.29, 1.82) is 0 Å². The van der Waals surface area contributed by atoms with Gasteiger partial charge in [0.05, 0.1) is 27.9 Å². The highest BCUT2D eigenvalue weighted by molar-refractivity contribution is 6.42. The van der Waals surface area contributed by atoms with Crippen molar-refractivity contribution in [2.24, 2.45) is 4.99 Å². The monoisotopic (exact) mass is 522 g/mol. The minimum absolute atomic E-state index is 0.307. The molecule has 1 aliphatic heterocycles. The van der Waals surface area contributed by atoms with E-state index in [2.05, 4.69) is 9.64 Å². The molecule has 1 aliphatic rings. The minimum atomic E-state index is -0.672. The van der Waals surface area contributed by atoms with Crippen LogP contribution in [0.5, 0.6) is 5.75 Å². The molecule has 0 aliphatic carbocycles. The predicted octanol–water partition coefficient (Wildman–Crippen LogP) is 6.23. The van der Waals surface area contributed by atoms with E-state index in [1.54, 1.807) is 30.3 Å². The van der Waals surface area contributed by atoms with Gasteiger partial charge in [0, 0.05) is 37.8 Å². The molecular formula is C28H24Cl2N2O4. The third-order valence-electron chi connectivity index (χ3n) is 5.58. The average Bonchev–Trinajstić information content (AvgIpc) is 3.01. The van der Waals surface area contributed by atoms with Gasteiger partial charge in [-0.25, -0.2) is 4.79 Å². The second-order valence-electron chi connectivity index (χ2n) is 8.24. The Balaban J connectivity index is 1.48. The number of nitrogens with zero attached hydrogens (tertiary/aromatic N) is 2. The Morgan fingerprint density at radius 1 is 1.00 bits per heavy atom. The molecule has 6 nitrogen and oxygen atoms in total. The molecule has 0 bridgehead atoms. The maximum Gasteiger partial charge on any atom is 0.345 e. The number of carbonyl (C=O) groups is 2. The van der Waals surface area contributed by atoms with Crippen LogP contribution in [-0.2, 0) is 16.1 Å². The predicted molar refractivity (Wildman–Crippen MR) is 143 cm³/mol. The number of benzodiazepines with no additional fused rings is 1. The number of likely N-dealkylation sites (N-methyl/N-ethyl adjacent to an activating group) is 1. The molecule has 0 saturated heterocycles. The lowest BCUT2D eigenvalue weighted by Gasteiger charge is -2.20. The number of benzene rings is 3. The smallest absolute Gasteiger partial charge is 0.345 e. The van der Waals surface area contributed by atoms with Crippen molar-refractivity contribution in [2.75, 3.05) is 25.0 Å². The van der Waals surface area contributed by atoms with Crippen LogP contribution in [0.1, 0.15) is 34.0 Å². The molecule has 0 unspecified atom stereocenters. The summed E-state index contributed by atoms with van der Waals surface area (Å²) in [6.45, 7) is 2.96. The number of rotatable bonds is 6. The molecule has 8 heteroatoms. The number of hydrogen-bond acceptors (Lipinski definition) is 6. The Hall–Kier alpha value is -3.61. The van der Waals surface area contributed by atoms with Gasteiger partial charge in [-0.2, -0.15) is 0 Å². The first-order chi connectivity index (χ1) is 17.3. The lowest BCUT2D eigenvalue weighted by atomic mass is 10.0. The van der Waals surface area contributed by atoms with E-state index in [1.165, 1.54) is 6.92 Å². The Bertz CT molecular complexity index is 1350. The molecule has 4 rings (SSSR count). The quantitative estimate of drug-likeness (QED) is 0.283. The fraction of sp³-hybridized carbons (Fsp3) is 0.179.